The van der Waals surface area contributed by atoms with E-state index in [-0.39, 0.29) is 23.0 Å². The molecule has 0 saturated carbocycles. The summed E-state index contributed by atoms with van der Waals surface area (Å²) in [6, 6.07) is 9.89. The first-order chi connectivity index (χ1) is 13.9. The van der Waals surface area contributed by atoms with Crippen molar-refractivity contribution in [2.75, 3.05) is 18.4 Å². The summed E-state index contributed by atoms with van der Waals surface area (Å²) in [5, 5.41) is 4.62. The van der Waals surface area contributed by atoms with E-state index < -0.39 is 10.0 Å². The summed E-state index contributed by atoms with van der Waals surface area (Å²) in [6.07, 6.45) is 2.80. The van der Waals surface area contributed by atoms with Gasteiger partial charge in [0.05, 0.1) is 9.77 Å². The maximum absolute atomic E-state index is 12.7. The number of thiophene rings is 1. The Hall–Kier alpha value is -2.03. The van der Waals surface area contributed by atoms with Crippen LogP contribution < -0.4 is 5.32 Å². The molecule has 1 N–H and O–H groups in total. The summed E-state index contributed by atoms with van der Waals surface area (Å²) in [4.78, 5) is 25.0. The molecule has 1 aliphatic heterocycles. The molecule has 0 radical (unpaired) electrons. The van der Waals surface area contributed by atoms with E-state index in [2.05, 4.69) is 12.2 Å². The molecule has 156 valence electrons. The van der Waals surface area contributed by atoms with E-state index in [1.807, 2.05) is 11.4 Å². The molecule has 0 aliphatic carbocycles. The Morgan fingerprint density at radius 3 is 2.41 bits per heavy atom. The molecule has 1 fully saturated rings. The minimum Gasteiger partial charge on any atom is -0.326 e. The van der Waals surface area contributed by atoms with Gasteiger partial charge in [0, 0.05) is 31.6 Å². The minimum atomic E-state index is -3.49. The maximum atomic E-state index is 12.7. The molecule has 0 bridgehead atoms. The number of sulfonamides is 1. The van der Waals surface area contributed by atoms with Crippen LogP contribution in [0.2, 0.25) is 0 Å². The van der Waals surface area contributed by atoms with Gasteiger partial charge in [-0.25, -0.2) is 8.42 Å². The number of piperidine rings is 1. The van der Waals surface area contributed by atoms with Gasteiger partial charge in [-0.1, -0.05) is 13.0 Å². The van der Waals surface area contributed by atoms with Gasteiger partial charge in [-0.05, 0) is 60.9 Å². The molecule has 2 aromatic rings. The van der Waals surface area contributed by atoms with Crippen LogP contribution in [0.15, 0.2) is 46.7 Å². The van der Waals surface area contributed by atoms with Crippen LogP contribution in [-0.2, 0) is 14.8 Å². The van der Waals surface area contributed by atoms with Crippen LogP contribution in [0.4, 0.5) is 5.69 Å². The fraction of sp³-hybridized carbons (Fsp3) is 0.429. The number of rotatable bonds is 8. The molecule has 1 amide bonds. The number of ketones is 1. The van der Waals surface area contributed by atoms with E-state index in [0.29, 0.717) is 42.4 Å². The van der Waals surface area contributed by atoms with Crippen LogP contribution in [0.3, 0.4) is 0 Å². The van der Waals surface area contributed by atoms with Crippen molar-refractivity contribution in [1.29, 1.82) is 0 Å². The van der Waals surface area contributed by atoms with Crippen molar-refractivity contribution >= 4 is 38.7 Å². The number of Topliss-reactive ketones (excluding diaryl/α,β-unsaturated/α-hetero) is 1. The third-order valence-corrected chi connectivity index (χ3v) is 7.95. The molecule has 3 rings (SSSR count). The molecule has 6 nitrogen and oxygen atoms in total. The van der Waals surface area contributed by atoms with Crippen LogP contribution >= 0.6 is 11.3 Å². The number of hydrogen-bond donors (Lipinski definition) is 1. The highest BCUT2D eigenvalue weighted by molar-refractivity contribution is 7.89. The van der Waals surface area contributed by atoms with Crippen LogP contribution in [-0.4, -0.2) is 37.5 Å². The molecule has 1 saturated heterocycles. The predicted octanol–water partition coefficient (Wildman–Crippen LogP) is 4.16. The van der Waals surface area contributed by atoms with Crippen molar-refractivity contribution in [3.05, 3.63) is 46.7 Å². The van der Waals surface area contributed by atoms with Gasteiger partial charge < -0.3 is 5.32 Å². The van der Waals surface area contributed by atoms with Gasteiger partial charge >= 0.3 is 0 Å². The third-order valence-electron chi connectivity index (χ3n) is 5.12. The molecule has 0 spiro atoms. The first-order valence-electron chi connectivity index (χ1n) is 9.83. The SMILES string of the molecule is CC1CCN(S(=O)(=O)c2ccc(NC(=O)CCCC(=O)c3cccs3)cc2)CC1. The van der Waals surface area contributed by atoms with E-state index in [0.717, 1.165) is 12.8 Å². The number of amides is 1. The first-order valence-corrected chi connectivity index (χ1v) is 12.1. The lowest BCUT2D eigenvalue weighted by atomic mass is 10.0. The summed E-state index contributed by atoms with van der Waals surface area (Å²) in [7, 11) is -3.49. The lowest BCUT2D eigenvalue weighted by molar-refractivity contribution is -0.116. The van der Waals surface area contributed by atoms with Crippen LogP contribution in [0.5, 0.6) is 0 Å². The fourth-order valence-electron chi connectivity index (χ4n) is 3.28. The summed E-state index contributed by atoms with van der Waals surface area (Å²) < 4.78 is 27.0. The van der Waals surface area contributed by atoms with E-state index in [9.17, 15) is 18.0 Å². The summed E-state index contributed by atoms with van der Waals surface area (Å²) in [6.45, 7) is 3.23. The highest BCUT2D eigenvalue weighted by Crippen LogP contribution is 2.24. The Bertz CT molecular complexity index is 930. The van der Waals surface area contributed by atoms with Crippen molar-refractivity contribution in [2.45, 2.75) is 43.9 Å². The van der Waals surface area contributed by atoms with Crippen molar-refractivity contribution in [1.82, 2.24) is 4.31 Å². The van der Waals surface area contributed by atoms with E-state index >= 15 is 0 Å². The van der Waals surface area contributed by atoms with Crippen LogP contribution in [0, 0.1) is 5.92 Å². The quantitative estimate of drug-likeness (QED) is 0.633. The lowest BCUT2D eigenvalue weighted by Crippen LogP contribution is -2.37. The molecule has 1 aromatic heterocycles. The molecule has 8 heteroatoms. The number of benzene rings is 1. The van der Waals surface area contributed by atoms with E-state index in [1.54, 1.807) is 18.2 Å². The second kappa shape index (κ2) is 9.65. The number of carbonyl (C=O) groups excluding carboxylic acids is 2. The topological polar surface area (TPSA) is 83.6 Å². The first kappa shape index (κ1) is 21.7. The zero-order valence-electron chi connectivity index (χ0n) is 16.5. The highest BCUT2D eigenvalue weighted by Gasteiger charge is 2.27. The molecule has 29 heavy (non-hydrogen) atoms. The zero-order valence-corrected chi connectivity index (χ0v) is 18.1. The average Bonchev–Trinajstić information content (AvgIpc) is 3.24. The van der Waals surface area contributed by atoms with Gasteiger partial charge in [-0.2, -0.15) is 4.31 Å². The summed E-state index contributed by atoms with van der Waals surface area (Å²) >= 11 is 1.40. The molecule has 0 atom stereocenters. The van der Waals surface area contributed by atoms with Crippen molar-refractivity contribution in [2.24, 2.45) is 5.92 Å². The van der Waals surface area contributed by atoms with E-state index in [1.165, 1.54) is 27.8 Å². The zero-order chi connectivity index (χ0) is 20.9. The molecule has 1 aliphatic rings. The van der Waals surface area contributed by atoms with Gasteiger partial charge in [-0.3, -0.25) is 9.59 Å². The Morgan fingerprint density at radius 2 is 1.79 bits per heavy atom. The summed E-state index contributed by atoms with van der Waals surface area (Å²) in [5.74, 6) is 0.415. The van der Waals surface area contributed by atoms with Crippen molar-refractivity contribution in [3.63, 3.8) is 0 Å². The average molecular weight is 435 g/mol. The maximum Gasteiger partial charge on any atom is 0.243 e. The van der Waals surface area contributed by atoms with Gasteiger partial charge in [0.2, 0.25) is 15.9 Å². The Balaban J connectivity index is 1.49. The number of hydrogen-bond acceptors (Lipinski definition) is 5. The van der Waals surface area contributed by atoms with Crippen LogP contribution in [0.25, 0.3) is 0 Å². The number of carbonyl (C=O) groups is 2. The fourth-order valence-corrected chi connectivity index (χ4v) is 5.44. The largest absolute Gasteiger partial charge is 0.326 e. The number of nitrogens with one attached hydrogen (secondary N) is 1. The van der Waals surface area contributed by atoms with Gasteiger partial charge in [0.15, 0.2) is 5.78 Å². The summed E-state index contributed by atoms with van der Waals surface area (Å²) in [5.41, 5.74) is 0.547. The second-order valence-electron chi connectivity index (χ2n) is 7.41. The Kier molecular flexibility index (Phi) is 7.21. The molecule has 1 aromatic carbocycles. The number of anilines is 1. The molecular formula is C21H26N2O4S2. The Morgan fingerprint density at radius 1 is 1.10 bits per heavy atom. The smallest absolute Gasteiger partial charge is 0.243 e. The standard InChI is InChI=1S/C21H26N2O4S2/c1-16-11-13-23(14-12-16)29(26,27)18-9-7-17(8-10-18)22-21(25)6-2-4-19(24)20-5-3-15-28-20/h3,5,7-10,15-16H,2,4,6,11-14H2,1H3,(H,22,25). The highest BCUT2D eigenvalue weighted by atomic mass is 32.2. The molecule has 0 unspecified atom stereocenters. The molecule has 2 heterocycles. The second-order valence-corrected chi connectivity index (χ2v) is 10.3. The van der Waals surface area contributed by atoms with Gasteiger partial charge in [-0.15, -0.1) is 11.3 Å². The monoisotopic (exact) mass is 434 g/mol. The lowest BCUT2D eigenvalue weighted by Gasteiger charge is -2.29. The van der Waals surface area contributed by atoms with E-state index in [4.69, 9.17) is 0 Å². The Labute approximate surface area is 176 Å². The minimum absolute atomic E-state index is 0.0504. The van der Waals surface area contributed by atoms with Crippen molar-refractivity contribution in [3.8, 4) is 0 Å². The normalized spacial score (nSPS) is 15.9. The number of nitrogens with zero attached hydrogens (tertiary/aromatic N) is 1. The van der Waals surface area contributed by atoms with Gasteiger partial charge in [0.25, 0.3) is 0 Å². The van der Waals surface area contributed by atoms with Gasteiger partial charge in [0.1, 0.15) is 0 Å². The molecular weight excluding hydrogens is 408 g/mol. The van der Waals surface area contributed by atoms with Crippen molar-refractivity contribution < 1.29 is 18.0 Å². The third kappa shape index (κ3) is 5.74. The van der Waals surface area contributed by atoms with Crippen LogP contribution in [0.1, 0.15) is 48.7 Å². The predicted molar refractivity (Wildman–Crippen MR) is 115 cm³/mol.